The Kier molecular flexibility index (Phi) is 65.8. The molecule has 0 bridgehead atoms. The third-order valence-electron chi connectivity index (χ3n) is 23.9. The second kappa shape index (κ2) is 56.0. The van der Waals surface area contributed by atoms with Crippen molar-refractivity contribution in [3.8, 4) is 0 Å². The Morgan fingerprint density at radius 3 is 0.545 bits per heavy atom. The first-order chi connectivity index (χ1) is 48.0. The molecular weight excluding hydrogens is 1320 g/mol. The maximum Gasteiger partial charge on any atom is -0.0129 e. The van der Waals surface area contributed by atoms with E-state index in [2.05, 4.69) is 339 Å². The second-order valence-corrected chi connectivity index (χ2v) is 46.6. The summed E-state index contributed by atoms with van der Waals surface area (Å²) in [5.41, 5.74) is 11.9. The lowest BCUT2D eigenvalue weighted by Gasteiger charge is -2.46. The molecule has 2 aromatic rings. The van der Waals surface area contributed by atoms with Crippen LogP contribution in [-0.2, 0) is 21.7 Å². The first-order valence-corrected chi connectivity index (χ1v) is 46.3. The van der Waals surface area contributed by atoms with Crippen LogP contribution in [0.25, 0.3) is 0 Å². The van der Waals surface area contributed by atoms with Crippen LogP contribution >= 0.6 is 0 Å². The molecule has 110 heavy (non-hydrogen) atoms. The summed E-state index contributed by atoms with van der Waals surface area (Å²) >= 11 is 0. The molecule has 0 nitrogen and oxygen atoms in total. The van der Waals surface area contributed by atoms with Crippen molar-refractivity contribution in [3.63, 3.8) is 0 Å². The summed E-state index contributed by atoms with van der Waals surface area (Å²) in [6.45, 7) is 127. The van der Waals surface area contributed by atoms with Gasteiger partial charge in [-0.25, -0.2) is 0 Å². The Morgan fingerprint density at radius 1 is 0.191 bits per heavy atom. The highest BCUT2D eigenvalue weighted by molar-refractivity contribution is 5.37. The molecule has 5 saturated carbocycles. The van der Waals surface area contributed by atoms with Gasteiger partial charge in [-0.15, -0.1) is 0 Å². The van der Waals surface area contributed by atoms with Crippen LogP contribution < -0.4 is 0 Å². The molecule has 0 heterocycles. The van der Waals surface area contributed by atoms with Crippen molar-refractivity contribution in [1.82, 2.24) is 0 Å². The predicted molar refractivity (Wildman–Crippen MR) is 526 cm³/mol. The fourth-order valence-electron chi connectivity index (χ4n) is 16.9. The molecule has 0 aromatic heterocycles. The van der Waals surface area contributed by atoms with E-state index in [4.69, 9.17) is 0 Å². The van der Waals surface area contributed by atoms with Crippen LogP contribution in [-0.4, -0.2) is 0 Å². The number of rotatable bonds is 0. The maximum absolute atomic E-state index is 2.42. The van der Waals surface area contributed by atoms with Gasteiger partial charge in [-0.3, -0.25) is 0 Å². The average Bonchev–Trinajstić information content (AvgIpc) is 1.60. The third kappa shape index (κ3) is 53.0. The summed E-state index contributed by atoms with van der Waals surface area (Å²) in [6, 6.07) is 17.7. The van der Waals surface area contributed by atoms with E-state index in [1.54, 1.807) is 0 Å². The van der Waals surface area contributed by atoms with Crippen molar-refractivity contribution in [2.75, 3.05) is 0 Å². The summed E-state index contributed by atoms with van der Waals surface area (Å²) in [4.78, 5) is 0. The normalized spacial score (nSPS) is 22.0. The Balaban J connectivity index is -0.000000128. The fourth-order valence-corrected chi connectivity index (χ4v) is 16.9. The van der Waals surface area contributed by atoms with Crippen LogP contribution in [0.15, 0.2) is 48.5 Å². The molecule has 0 N–H and O–H groups in total. The van der Waals surface area contributed by atoms with Crippen molar-refractivity contribution in [3.05, 3.63) is 70.8 Å². The van der Waals surface area contributed by atoms with Gasteiger partial charge in [0.05, 0.1) is 0 Å². The number of hydrogen-bond acceptors (Lipinski definition) is 0. The summed E-state index contributed by atoms with van der Waals surface area (Å²) in [5, 5.41) is 0. The van der Waals surface area contributed by atoms with Crippen LogP contribution in [0.3, 0.4) is 0 Å². The summed E-state index contributed by atoms with van der Waals surface area (Å²) in [6.07, 6.45) is 21.8. The topological polar surface area (TPSA) is 0 Å². The van der Waals surface area contributed by atoms with E-state index in [0.717, 1.165) is 59.2 Å². The van der Waals surface area contributed by atoms with Crippen LogP contribution in [0.1, 0.15) is 529 Å². The van der Waals surface area contributed by atoms with Crippen molar-refractivity contribution in [2.24, 2.45) is 113 Å². The standard InChI is InChI=1S/C14H28.C14H22.C14H28.C14H22.2C13H26.C11H22.7C2H6.3CH4/c2*1-13(2,3)11-8-7-9-12(10-11)14(4,5)6;2*1-13(2,3)11-9-7-8-10-12(11)14(4,5)6;1-12(2,3)10-7-8-11(9-10)13(4,5)6;1-12(2,3)10-8-7-9-11(10)13(4,5)6;1-10(2,3)8-7-9(8)11(4,5)6;7*1-2;;;/h11-12H,7-10H2,1-6H3;7-10H,1-6H3;11-12H,7-10H2,1-6H3;7-10H,1-6H3;2*10-11H,7-9H2,1-6H3;8-9H,7H2,1-6H3;7*1-2H3;3*1H4. The molecule has 0 aliphatic heterocycles. The highest BCUT2D eigenvalue weighted by Gasteiger charge is 2.50. The average molecular weight is 1550 g/mol. The van der Waals surface area contributed by atoms with Crippen molar-refractivity contribution in [1.29, 1.82) is 0 Å². The lowest BCUT2D eigenvalue weighted by molar-refractivity contribution is 0.0335. The molecule has 0 spiro atoms. The van der Waals surface area contributed by atoms with Crippen LogP contribution in [0.4, 0.5) is 0 Å². The Bertz CT molecular complexity index is 2240. The third-order valence-corrected chi connectivity index (χ3v) is 23.9. The molecule has 0 saturated heterocycles. The molecule has 7 rings (SSSR count). The van der Waals surface area contributed by atoms with Crippen molar-refractivity contribution in [2.45, 2.75) is 528 Å². The smallest absolute Gasteiger partial charge is 0.0129 e. The number of hydrogen-bond donors (Lipinski definition) is 0. The molecule has 668 valence electrons. The molecule has 2 aromatic carbocycles. The second-order valence-electron chi connectivity index (χ2n) is 46.6. The molecule has 10 unspecified atom stereocenters. The van der Waals surface area contributed by atoms with Gasteiger partial charge in [-0.2, -0.15) is 0 Å². The molecule has 0 heteroatoms. The van der Waals surface area contributed by atoms with Gasteiger partial charge in [-0.05, 0) is 228 Å². The van der Waals surface area contributed by atoms with E-state index in [-0.39, 0.29) is 43.9 Å². The monoisotopic (exact) mass is 1550 g/mol. The van der Waals surface area contributed by atoms with Gasteiger partial charge in [0.1, 0.15) is 0 Å². The lowest BCUT2D eigenvalue weighted by atomic mass is 9.59. The van der Waals surface area contributed by atoms with Gasteiger partial charge in [0.25, 0.3) is 0 Å². The minimum Gasteiger partial charge on any atom is -0.0776 e. The highest BCUT2D eigenvalue weighted by atomic mass is 14.6. The molecule has 0 radical (unpaired) electrons. The largest absolute Gasteiger partial charge is 0.0776 e. The Morgan fingerprint density at radius 2 is 0.382 bits per heavy atom. The molecule has 5 aliphatic carbocycles. The SMILES string of the molecule is C.C.C.CC.CC.CC.CC.CC.CC.CC.CC(C)(C)C1CC1C(C)(C)C.CC(C)(C)C1CCC(C(C)(C)C)C1.CC(C)(C)C1CCCC(C(C)(C)C)C1.CC(C)(C)C1CCCC1C(C)(C)C.CC(C)(C)C1CCCCC1C(C)(C)C.CC(C)(C)c1cccc(C(C)(C)C)c1.CC(C)(C)c1ccccc1C(C)(C)C. The van der Waals surface area contributed by atoms with E-state index in [9.17, 15) is 0 Å². The van der Waals surface area contributed by atoms with Crippen molar-refractivity contribution >= 4 is 0 Å². The predicted octanol–water partition coefficient (Wildman–Crippen LogP) is 40.1. The molecule has 0 amide bonds. The van der Waals surface area contributed by atoms with Gasteiger partial charge in [0, 0.05) is 0 Å². The van der Waals surface area contributed by atoms with E-state index < -0.39 is 0 Å². The zero-order valence-electron chi connectivity index (χ0n) is 86.0. The van der Waals surface area contributed by atoms with Gasteiger partial charge in [0.15, 0.2) is 0 Å². The highest BCUT2D eigenvalue weighted by Crippen LogP contribution is 2.59. The first kappa shape index (κ1) is 129. The van der Waals surface area contributed by atoms with Gasteiger partial charge in [-0.1, -0.05) is 484 Å². The lowest BCUT2D eigenvalue weighted by Crippen LogP contribution is -2.38. The fraction of sp³-hybridized carbons (Fsp3) is 0.891. The summed E-state index contributed by atoms with van der Waals surface area (Å²) in [7, 11) is 0. The Hall–Kier alpha value is -1.56. The van der Waals surface area contributed by atoms with Crippen LogP contribution in [0.2, 0.25) is 0 Å². The molecule has 5 aliphatic rings. The van der Waals surface area contributed by atoms with E-state index in [1.165, 1.54) is 119 Å². The van der Waals surface area contributed by atoms with Crippen LogP contribution in [0.5, 0.6) is 0 Å². The van der Waals surface area contributed by atoms with Crippen molar-refractivity contribution < 1.29 is 0 Å². The molecule has 5 fully saturated rings. The van der Waals surface area contributed by atoms with E-state index in [1.807, 2.05) is 96.9 Å². The summed E-state index contributed by atoms with van der Waals surface area (Å²) in [5.74, 6) is 9.48. The quantitative estimate of drug-likeness (QED) is 0.247. The first-order valence-electron chi connectivity index (χ1n) is 46.3. The zero-order chi connectivity index (χ0) is 87.3. The number of benzene rings is 2. The van der Waals surface area contributed by atoms with Gasteiger partial charge < -0.3 is 0 Å². The van der Waals surface area contributed by atoms with E-state index in [0.29, 0.717) is 54.1 Å². The maximum atomic E-state index is 2.42. The zero-order valence-corrected chi connectivity index (χ0v) is 86.0. The summed E-state index contributed by atoms with van der Waals surface area (Å²) < 4.78 is 0. The molecule has 10 atom stereocenters. The minimum absolute atomic E-state index is 0. The molecular formula is C110H228. The minimum atomic E-state index is 0. The van der Waals surface area contributed by atoms with E-state index >= 15 is 0 Å². The van der Waals surface area contributed by atoms with Gasteiger partial charge in [0.2, 0.25) is 0 Å². The Labute approximate surface area is 707 Å². The van der Waals surface area contributed by atoms with Crippen LogP contribution in [0, 0.1) is 113 Å². The van der Waals surface area contributed by atoms with Gasteiger partial charge >= 0.3 is 0 Å².